The zero-order chi connectivity index (χ0) is 14.8. The van der Waals surface area contributed by atoms with Crippen molar-refractivity contribution in [3.8, 4) is 11.1 Å². The molecule has 2 aromatic carbocycles. The smallest absolute Gasteiger partial charge is 0.0917 e. The summed E-state index contributed by atoms with van der Waals surface area (Å²) >= 11 is 0. The molecule has 0 saturated carbocycles. The first-order chi connectivity index (χ1) is 10.2. The summed E-state index contributed by atoms with van der Waals surface area (Å²) in [5.74, 6) is 0. The zero-order valence-electron chi connectivity index (χ0n) is 12.8. The third kappa shape index (κ3) is 2.74. The number of hydrogen-bond acceptors (Lipinski definition) is 2. The molecule has 0 bridgehead atoms. The summed E-state index contributed by atoms with van der Waals surface area (Å²) < 4.78 is 0. The van der Waals surface area contributed by atoms with Crippen molar-refractivity contribution in [1.82, 2.24) is 4.90 Å². The quantitative estimate of drug-likeness (QED) is 0.772. The van der Waals surface area contributed by atoms with Gasteiger partial charge in [-0.1, -0.05) is 56.3 Å². The number of aliphatic hydroxyl groups excluding tert-OH is 1. The predicted octanol–water partition coefficient (Wildman–Crippen LogP) is 3.63. The topological polar surface area (TPSA) is 23.5 Å². The van der Waals surface area contributed by atoms with E-state index in [2.05, 4.69) is 61.2 Å². The summed E-state index contributed by atoms with van der Waals surface area (Å²) in [6.45, 7) is 6.93. The lowest BCUT2D eigenvalue weighted by Gasteiger charge is -2.22. The Morgan fingerprint density at radius 2 is 1.71 bits per heavy atom. The van der Waals surface area contributed by atoms with Gasteiger partial charge in [0.1, 0.15) is 0 Å². The SMILES string of the molecule is CCN(CC)CC(O)c1ccc2c(c1)Cc1ccccc1-2. The van der Waals surface area contributed by atoms with Crippen molar-refractivity contribution in [3.63, 3.8) is 0 Å². The van der Waals surface area contributed by atoms with E-state index in [4.69, 9.17) is 0 Å². The van der Waals surface area contributed by atoms with Gasteiger partial charge < -0.3 is 10.0 Å². The lowest BCUT2D eigenvalue weighted by molar-refractivity contribution is 0.119. The molecule has 1 aliphatic rings. The van der Waals surface area contributed by atoms with Gasteiger partial charge in [-0.05, 0) is 47.3 Å². The fourth-order valence-electron chi connectivity index (χ4n) is 3.20. The van der Waals surface area contributed by atoms with Crippen LogP contribution in [0.1, 0.15) is 36.6 Å². The molecular formula is C19H23NO. The van der Waals surface area contributed by atoms with E-state index in [1.165, 1.54) is 22.3 Å². The molecule has 2 aromatic rings. The maximum Gasteiger partial charge on any atom is 0.0917 e. The second kappa shape index (κ2) is 6.00. The maximum atomic E-state index is 10.5. The van der Waals surface area contributed by atoms with Gasteiger partial charge in [0.15, 0.2) is 0 Å². The van der Waals surface area contributed by atoms with Gasteiger partial charge in [-0.15, -0.1) is 0 Å². The van der Waals surface area contributed by atoms with E-state index in [0.717, 1.165) is 25.1 Å². The Morgan fingerprint density at radius 3 is 2.48 bits per heavy atom. The second-order valence-corrected chi connectivity index (χ2v) is 5.75. The van der Waals surface area contributed by atoms with Crippen LogP contribution in [-0.2, 0) is 6.42 Å². The molecule has 1 aliphatic carbocycles. The molecule has 110 valence electrons. The molecule has 1 unspecified atom stereocenters. The number of hydrogen-bond donors (Lipinski definition) is 1. The first-order valence-corrected chi connectivity index (χ1v) is 7.84. The van der Waals surface area contributed by atoms with Gasteiger partial charge in [-0.3, -0.25) is 0 Å². The van der Waals surface area contributed by atoms with Crippen LogP contribution < -0.4 is 0 Å². The van der Waals surface area contributed by atoms with Crippen LogP contribution in [0.3, 0.4) is 0 Å². The van der Waals surface area contributed by atoms with Crippen molar-refractivity contribution < 1.29 is 5.11 Å². The third-order valence-electron chi connectivity index (χ3n) is 4.53. The summed E-state index contributed by atoms with van der Waals surface area (Å²) in [6.07, 6.45) is 0.580. The van der Waals surface area contributed by atoms with E-state index >= 15 is 0 Å². The molecule has 3 rings (SSSR count). The van der Waals surface area contributed by atoms with Crippen molar-refractivity contribution in [3.05, 3.63) is 59.2 Å². The minimum Gasteiger partial charge on any atom is -0.387 e. The highest BCUT2D eigenvalue weighted by Crippen LogP contribution is 2.37. The van der Waals surface area contributed by atoms with Crippen molar-refractivity contribution in [2.75, 3.05) is 19.6 Å². The van der Waals surface area contributed by atoms with Gasteiger partial charge in [0, 0.05) is 6.54 Å². The van der Waals surface area contributed by atoms with Crippen molar-refractivity contribution in [2.24, 2.45) is 0 Å². The Hall–Kier alpha value is -1.64. The summed E-state index contributed by atoms with van der Waals surface area (Å²) in [4.78, 5) is 2.26. The summed E-state index contributed by atoms with van der Waals surface area (Å²) in [6, 6.07) is 15.0. The summed E-state index contributed by atoms with van der Waals surface area (Å²) in [5, 5.41) is 10.5. The number of rotatable bonds is 5. The molecule has 2 nitrogen and oxygen atoms in total. The summed E-state index contributed by atoms with van der Waals surface area (Å²) in [7, 11) is 0. The highest BCUT2D eigenvalue weighted by molar-refractivity contribution is 5.76. The van der Waals surface area contributed by atoms with Gasteiger partial charge in [0.05, 0.1) is 6.10 Å². The van der Waals surface area contributed by atoms with Crippen LogP contribution in [0.25, 0.3) is 11.1 Å². The van der Waals surface area contributed by atoms with Crippen LogP contribution >= 0.6 is 0 Å². The molecular weight excluding hydrogens is 258 g/mol. The predicted molar refractivity (Wildman–Crippen MR) is 87.4 cm³/mol. The molecule has 0 heterocycles. The molecule has 0 spiro atoms. The molecule has 0 amide bonds. The number of benzene rings is 2. The number of fused-ring (bicyclic) bond motifs is 3. The fraction of sp³-hybridized carbons (Fsp3) is 0.368. The maximum absolute atomic E-state index is 10.5. The van der Waals surface area contributed by atoms with E-state index < -0.39 is 6.10 Å². The van der Waals surface area contributed by atoms with Crippen LogP contribution in [0.15, 0.2) is 42.5 Å². The molecule has 2 heteroatoms. The van der Waals surface area contributed by atoms with E-state index in [0.29, 0.717) is 6.54 Å². The number of aliphatic hydroxyl groups is 1. The lowest BCUT2D eigenvalue weighted by atomic mass is 10.0. The van der Waals surface area contributed by atoms with Gasteiger partial charge in [-0.2, -0.15) is 0 Å². The molecule has 0 aromatic heterocycles. The minimum atomic E-state index is -0.404. The molecule has 21 heavy (non-hydrogen) atoms. The van der Waals surface area contributed by atoms with Gasteiger partial charge >= 0.3 is 0 Å². The van der Waals surface area contributed by atoms with Gasteiger partial charge in [0.2, 0.25) is 0 Å². The Bertz CT molecular complexity index is 631. The minimum absolute atomic E-state index is 0.404. The first kappa shape index (κ1) is 14.3. The van der Waals surface area contributed by atoms with E-state index in [1.807, 2.05) is 0 Å². The molecule has 1 N–H and O–H groups in total. The lowest BCUT2D eigenvalue weighted by Crippen LogP contribution is -2.28. The van der Waals surface area contributed by atoms with E-state index in [-0.39, 0.29) is 0 Å². The highest BCUT2D eigenvalue weighted by Gasteiger charge is 2.20. The van der Waals surface area contributed by atoms with Crippen molar-refractivity contribution in [1.29, 1.82) is 0 Å². The van der Waals surface area contributed by atoms with Crippen LogP contribution in [0.4, 0.5) is 0 Å². The average molecular weight is 281 g/mol. The largest absolute Gasteiger partial charge is 0.387 e. The first-order valence-electron chi connectivity index (χ1n) is 7.84. The van der Waals surface area contributed by atoms with Crippen LogP contribution in [0.2, 0.25) is 0 Å². The van der Waals surface area contributed by atoms with Crippen molar-refractivity contribution >= 4 is 0 Å². The van der Waals surface area contributed by atoms with E-state index in [9.17, 15) is 5.11 Å². The molecule has 0 fully saturated rings. The van der Waals surface area contributed by atoms with Crippen LogP contribution in [-0.4, -0.2) is 29.6 Å². The standard InChI is InChI=1S/C19H23NO/c1-3-20(4-2)13-19(21)15-9-10-18-16(12-15)11-14-7-5-6-8-17(14)18/h5-10,12,19,21H,3-4,11,13H2,1-2H3. The normalized spacial score (nSPS) is 14.1. The highest BCUT2D eigenvalue weighted by atomic mass is 16.3. The molecule has 0 radical (unpaired) electrons. The molecule has 0 saturated heterocycles. The van der Waals surface area contributed by atoms with Crippen LogP contribution in [0.5, 0.6) is 0 Å². The number of nitrogens with zero attached hydrogens (tertiary/aromatic N) is 1. The summed E-state index contributed by atoms with van der Waals surface area (Å²) in [5.41, 5.74) is 6.44. The Morgan fingerprint density at radius 1 is 1.00 bits per heavy atom. The third-order valence-corrected chi connectivity index (χ3v) is 4.53. The Kier molecular flexibility index (Phi) is 4.09. The Balaban J connectivity index is 1.83. The number of likely N-dealkylation sites (N-methyl/N-ethyl adjacent to an activating group) is 1. The monoisotopic (exact) mass is 281 g/mol. The second-order valence-electron chi connectivity index (χ2n) is 5.75. The van der Waals surface area contributed by atoms with Crippen molar-refractivity contribution in [2.45, 2.75) is 26.4 Å². The Labute approximate surface area is 127 Å². The van der Waals surface area contributed by atoms with Crippen LogP contribution in [0, 0.1) is 0 Å². The zero-order valence-corrected chi connectivity index (χ0v) is 12.8. The van der Waals surface area contributed by atoms with Gasteiger partial charge in [0.25, 0.3) is 0 Å². The molecule has 0 aliphatic heterocycles. The van der Waals surface area contributed by atoms with E-state index in [1.54, 1.807) is 0 Å². The molecule has 1 atom stereocenters. The average Bonchev–Trinajstić information content (AvgIpc) is 2.89. The fourth-order valence-corrected chi connectivity index (χ4v) is 3.20. The van der Waals surface area contributed by atoms with Gasteiger partial charge in [-0.25, -0.2) is 0 Å².